The molecule has 0 amide bonds. The van der Waals surface area contributed by atoms with Crippen molar-refractivity contribution in [3.05, 3.63) is 21.0 Å². The molecule has 1 aromatic heterocycles. The lowest BCUT2D eigenvalue weighted by molar-refractivity contribution is -0.142. The molecule has 0 saturated carbocycles. The van der Waals surface area contributed by atoms with Crippen LogP contribution in [0.3, 0.4) is 0 Å². The molecule has 0 unspecified atom stereocenters. The van der Waals surface area contributed by atoms with Crippen LogP contribution >= 0.6 is 22.6 Å². The summed E-state index contributed by atoms with van der Waals surface area (Å²) in [5.74, 6) is -1.16. The van der Waals surface area contributed by atoms with Crippen LogP contribution in [0.25, 0.3) is 0 Å². The second-order valence-electron chi connectivity index (χ2n) is 2.52. The smallest absolute Gasteiger partial charge is 0.437 e. The third kappa shape index (κ3) is 2.67. The van der Waals surface area contributed by atoms with E-state index in [0.29, 0.717) is 6.07 Å². The van der Waals surface area contributed by atoms with Gasteiger partial charge in [0.15, 0.2) is 5.69 Å². The van der Waals surface area contributed by atoms with Crippen LogP contribution in [-0.4, -0.2) is 10.1 Å². The highest BCUT2D eigenvalue weighted by Crippen LogP contribution is 2.37. The highest BCUT2D eigenvalue weighted by molar-refractivity contribution is 14.1. The van der Waals surface area contributed by atoms with E-state index in [1.54, 1.807) is 0 Å². The summed E-state index contributed by atoms with van der Waals surface area (Å²) >= 11 is 1.38. The molecule has 15 heavy (non-hydrogen) atoms. The maximum atomic E-state index is 12.2. The van der Waals surface area contributed by atoms with Crippen molar-refractivity contribution in [3.8, 4) is 5.75 Å². The zero-order chi connectivity index (χ0) is 11.8. The lowest BCUT2D eigenvalue weighted by Crippen LogP contribution is -2.11. The average molecular weight is 339 g/mol. The normalized spacial score (nSPS) is 12.2. The molecule has 1 N–H and O–H groups in total. The highest BCUT2D eigenvalue weighted by Gasteiger charge is 2.37. The van der Waals surface area contributed by atoms with Gasteiger partial charge in [0.25, 0.3) is 6.43 Å². The molecule has 1 rings (SSSR count). The monoisotopic (exact) mass is 339 g/mol. The zero-order valence-corrected chi connectivity index (χ0v) is 8.97. The zero-order valence-electron chi connectivity index (χ0n) is 6.82. The predicted octanol–water partition coefficient (Wildman–Crippen LogP) is 3.35. The van der Waals surface area contributed by atoms with Gasteiger partial charge in [0.05, 0.1) is 0 Å². The molecule has 0 fully saturated rings. The first kappa shape index (κ1) is 12.4. The van der Waals surface area contributed by atoms with Crippen molar-refractivity contribution in [2.45, 2.75) is 12.6 Å². The molecule has 0 spiro atoms. The Morgan fingerprint density at radius 2 is 1.87 bits per heavy atom. The first-order chi connectivity index (χ1) is 6.73. The highest BCUT2D eigenvalue weighted by atomic mass is 127. The first-order valence-corrected chi connectivity index (χ1v) is 4.56. The van der Waals surface area contributed by atoms with E-state index in [9.17, 15) is 22.0 Å². The van der Waals surface area contributed by atoms with Gasteiger partial charge < -0.3 is 5.11 Å². The van der Waals surface area contributed by atoms with Crippen molar-refractivity contribution in [3.63, 3.8) is 0 Å². The van der Waals surface area contributed by atoms with E-state index < -0.39 is 29.7 Å². The second kappa shape index (κ2) is 4.06. The van der Waals surface area contributed by atoms with Crippen LogP contribution in [0.4, 0.5) is 22.0 Å². The van der Waals surface area contributed by atoms with E-state index >= 15 is 0 Å². The van der Waals surface area contributed by atoms with E-state index in [0.717, 1.165) is 0 Å². The molecule has 2 nitrogen and oxygen atoms in total. The van der Waals surface area contributed by atoms with Crippen molar-refractivity contribution in [2.75, 3.05) is 0 Å². The third-order valence-electron chi connectivity index (χ3n) is 1.46. The molecule has 1 aromatic rings. The summed E-state index contributed by atoms with van der Waals surface area (Å²) in [6.45, 7) is 0. The predicted molar refractivity (Wildman–Crippen MR) is 48.6 cm³/mol. The minimum atomic E-state index is -4.95. The number of hydrogen-bond donors (Lipinski definition) is 1. The van der Waals surface area contributed by atoms with E-state index in [2.05, 4.69) is 4.98 Å². The molecular weight excluding hydrogens is 336 g/mol. The molecule has 0 aliphatic carbocycles. The van der Waals surface area contributed by atoms with E-state index in [1.165, 1.54) is 22.6 Å². The maximum absolute atomic E-state index is 12.2. The SMILES string of the molecule is Oc1cc(I)c(C(F)F)nc1C(F)(F)F. The van der Waals surface area contributed by atoms with Crippen LogP contribution in [0.1, 0.15) is 17.8 Å². The Morgan fingerprint density at radius 3 is 2.27 bits per heavy atom. The number of hydrogen-bond acceptors (Lipinski definition) is 2. The minimum absolute atomic E-state index is 0.215. The summed E-state index contributed by atoms with van der Waals surface area (Å²) in [6, 6.07) is 0.609. The summed E-state index contributed by atoms with van der Waals surface area (Å²) in [5, 5.41) is 8.90. The van der Waals surface area contributed by atoms with Gasteiger partial charge in [0.1, 0.15) is 11.4 Å². The summed E-state index contributed by atoms with van der Waals surface area (Å²) in [5.41, 5.74) is -2.68. The Balaban J connectivity index is 3.37. The van der Waals surface area contributed by atoms with Gasteiger partial charge in [0, 0.05) is 3.57 Å². The van der Waals surface area contributed by atoms with E-state index in [4.69, 9.17) is 5.11 Å². The van der Waals surface area contributed by atoms with Gasteiger partial charge in [-0.3, -0.25) is 0 Å². The maximum Gasteiger partial charge on any atom is 0.437 e. The molecule has 0 bridgehead atoms. The number of aromatic nitrogens is 1. The number of pyridine rings is 1. The molecule has 0 aromatic carbocycles. The Hall–Kier alpha value is -0.670. The van der Waals surface area contributed by atoms with Gasteiger partial charge in [0.2, 0.25) is 0 Å². The van der Waals surface area contributed by atoms with Gasteiger partial charge in [-0.2, -0.15) is 13.2 Å². The van der Waals surface area contributed by atoms with Gasteiger partial charge in [-0.1, -0.05) is 0 Å². The molecule has 0 radical (unpaired) electrons. The fourth-order valence-corrected chi connectivity index (χ4v) is 1.51. The van der Waals surface area contributed by atoms with E-state index in [1.807, 2.05) is 0 Å². The summed E-state index contributed by atoms with van der Waals surface area (Å²) in [4.78, 5) is 2.71. The second-order valence-corrected chi connectivity index (χ2v) is 3.68. The van der Waals surface area contributed by atoms with Crippen molar-refractivity contribution < 1.29 is 27.1 Å². The quantitative estimate of drug-likeness (QED) is 0.629. The van der Waals surface area contributed by atoms with Gasteiger partial charge in [-0.05, 0) is 28.7 Å². The molecule has 1 heterocycles. The number of aromatic hydroxyl groups is 1. The standard InChI is InChI=1S/C7H3F5INO/c8-6(9)4-2(13)1-3(15)5(14-4)7(10,11)12/h1,6,15H. The number of alkyl halides is 5. The van der Waals surface area contributed by atoms with Crippen LogP contribution in [0.5, 0.6) is 5.75 Å². The van der Waals surface area contributed by atoms with Crippen LogP contribution in [0, 0.1) is 3.57 Å². The molecule has 8 heteroatoms. The Kier molecular flexibility index (Phi) is 3.36. The fourth-order valence-electron chi connectivity index (χ4n) is 0.855. The van der Waals surface area contributed by atoms with Gasteiger partial charge in [-0.15, -0.1) is 0 Å². The van der Waals surface area contributed by atoms with Gasteiger partial charge in [-0.25, -0.2) is 13.8 Å². The number of nitrogens with zero attached hydrogens (tertiary/aromatic N) is 1. The summed E-state index contributed by atoms with van der Waals surface area (Å²) in [7, 11) is 0. The van der Waals surface area contributed by atoms with Crippen molar-refractivity contribution in [1.29, 1.82) is 0 Å². The summed E-state index contributed by atoms with van der Waals surface area (Å²) in [6.07, 6.45) is -8.06. The largest absolute Gasteiger partial charge is 0.506 e. The third-order valence-corrected chi connectivity index (χ3v) is 2.32. The minimum Gasteiger partial charge on any atom is -0.506 e. The van der Waals surface area contributed by atoms with E-state index in [-0.39, 0.29) is 3.57 Å². The van der Waals surface area contributed by atoms with Gasteiger partial charge >= 0.3 is 6.18 Å². The molecule has 0 atom stereocenters. The number of halogens is 6. The average Bonchev–Trinajstić information content (AvgIpc) is 2.00. The fraction of sp³-hybridized carbons (Fsp3) is 0.286. The summed E-state index contributed by atoms with van der Waals surface area (Å²) < 4.78 is 60.7. The van der Waals surface area contributed by atoms with Crippen molar-refractivity contribution in [2.24, 2.45) is 0 Å². The van der Waals surface area contributed by atoms with Crippen LogP contribution in [0.15, 0.2) is 6.07 Å². The molecule has 0 aliphatic rings. The van der Waals surface area contributed by atoms with Crippen LogP contribution < -0.4 is 0 Å². The Labute approximate surface area is 94.3 Å². The van der Waals surface area contributed by atoms with Crippen LogP contribution in [0.2, 0.25) is 0 Å². The van der Waals surface area contributed by atoms with Crippen molar-refractivity contribution >= 4 is 22.6 Å². The lowest BCUT2D eigenvalue weighted by Gasteiger charge is -2.10. The molecule has 0 saturated heterocycles. The topological polar surface area (TPSA) is 33.1 Å². The number of rotatable bonds is 1. The Morgan fingerprint density at radius 1 is 1.33 bits per heavy atom. The molecular formula is C7H3F5INO. The van der Waals surface area contributed by atoms with Crippen LogP contribution in [-0.2, 0) is 6.18 Å². The lowest BCUT2D eigenvalue weighted by atomic mass is 10.2. The first-order valence-electron chi connectivity index (χ1n) is 3.48. The van der Waals surface area contributed by atoms with Crippen molar-refractivity contribution in [1.82, 2.24) is 4.98 Å². The Bertz CT molecular complexity index is 378. The molecule has 0 aliphatic heterocycles. The molecule has 84 valence electrons.